The highest BCUT2D eigenvalue weighted by molar-refractivity contribution is 5.42. The monoisotopic (exact) mass is 207 g/mol. The zero-order valence-corrected chi connectivity index (χ0v) is 9.16. The number of nitrogens with two attached hydrogens (primary N) is 1. The van der Waals surface area contributed by atoms with Gasteiger partial charge in [-0.3, -0.25) is 0 Å². The van der Waals surface area contributed by atoms with Gasteiger partial charge in [0.15, 0.2) is 0 Å². The molecule has 0 atom stereocenters. The summed E-state index contributed by atoms with van der Waals surface area (Å²) < 4.78 is 5.26. The van der Waals surface area contributed by atoms with Gasteiger partial charge in [0.1, 0.15) is 5.75 Å². The molecule has 0 amide bonds. The van der Waals surface area contributed by atoms with E-state index in [2.05, 4.69) is 0 Å². The fourth-order valence-corrected chi connectivity index (χ4v) is 2.21. The van der Waals surface area contributed by atoms with Crippen molar-refractivity contribution < 1.29 is 9.84 Å². The largest absolute Gasteiger partial charge is 0.496 e. The molecule has 3 heteroatoms. The maximum absolute atomic E-state index is 10.3. The Kier molecular flexibility index (Phi) is 2.44. The molecule has 1 fully saturated rings. The van der Waals surface area contributed by atoms with Gasteiger partial charge in [-0.05, 0) is 31.9 Å². The van der Waals surface area contributed by atoms with Gasteiger partial charge in [0, 0.05) is 11.6 Å². The van der Waals surface area contributed by atoms with Crippen LogP contribution >= 0.6 is 0 Å². The van der Waals surface area contributed by atoms with Crippen LogP contribution in [-0.2, 0) is 5.60 Å². The molecular formula is C12H17NO2. The summed E-state index contributed by atoms with van der Waals surface area (Å²) in [5.74, 6) is 0.745. The standard InChI is InChI=1S/C12H17NO2/c1-8-3-4-11(15-2)10(5-8)12(14)6-9(13)7-12/h3-5,9,14H,6-7,13H2,1-2H3. The molecule has 1 aromatic carbocycles. The van der Waals surface area contributed by atoms with E-state index < -0.39 is 5.60 Å². The lowest BCUT2D eigenvalue weighted by Crippen LogP contribution is -2.49. The number of hydrogen-bond acceptors (Lipinski definition) is 3. The number of benzene rings is 1. The van der Waals surface area contributed by atoms with Crippen LogP contribution in [-0.4, -0.2) is 18.3 Å². The van der Waals surface area contributed by atoms with Crippen LogP contribution in [0.1, 0.15) is 24.0 Å². The van der Waals surface area contributed by atoms with Crippen molar-refractivity contribution in [2.75, 3.05) is 7.11 Å². The van der Waals surface area contributed by atoms with Crippen LogP contribution in [0.3, 0.4) is 0 Å². The van der Waals surface area contributed by atoms with E-state index >= 15 is 0 Å². The lowest BCUT2D eigenvalue weighted by molar-refractivity contribution is -0.0538. The number of aryl methyl sites for hydroxylation is 1. The molecule has 0 unspecified atom stereocenters. The van der Waals surface area contributed by atoms with Crippen molar-refractivity contribution in [3.05, 3.63) is 29.3 Å². The van der Waals surface area contributed by atoms with Gasteiger partial charge in [0.25, 0.3) is 0 Å². The molecule has 0 aromatic heterocycles. The Morgan fingerprint density at radius 1 is 1.47 bits per heavy atom. The van der Waals surface area contributed by atoms with Gasteiger partial charge in [-0.1, -0.05) is 11.6 Å². The Labute approximate surface area is 89.9 Å². The van der Waals surface area contributed by atoms with Gasteiger partial charge in [-0.15, -0.1) is 0 Å². The molecule has 82 valence electrons. The van der Waals surface area contributed by atoms with Gasteiger partial charge in [0.2, 0.25) is 0 Å². The molecule has 1 aliphatic carbocycles. The molecule has 0 spiro atoms. The highest BCUT2D eigenvalue weighted by Crippen LogP contribution is 2.44. The average Bonchev–Trinajstić information content (AvgIpc) is 2.15. The summed E-state index contributed by atoms with van der Waals surface area (Å²) in [5.41, 5.74) is 6.93. The number of ether oxygens (including phenoxy) is 1. The summed E-state index contributed by atoms with van der Waals surface area (Å²) in [6, 6.07) is 5.96. The van der Waals surface area contributed by atoms with Crippen LogP contribution in [0.4, 0.5) is 0 Å². The van der Waals surface area contributed by atoms with E-state index in [0.717, 1.165) is 16.9 Å². The van der Waals surface area contributed by atoms with Crippen molar-refractivity contribution in [1.29, 1.82) is 0 Å². The maximum atomic E-state index is 10.3. The molecule has 3 N–H and O–H groups in total. The molecule has 0 aliphatic heterocycles. The Morgan fingerprint density at radius 3 is 2.67 bits per heavy atom. The molecule has 0 heterocycles. The Morgan fingerprint density at radius 2 is 2.13 bits per heavy atom. The fourth-order valence-electron chi connectivity index (χ4n) is 2.21. The first-order valence-electron chi connectivity index (χ1n) is 5.18. The number of methoxy groups -OCH3 is 1. The minimum Gasteiger partial charge on any atom is -0.496 e. The lowest BCUT2D eigenvalue weighted by atomic mass is 9.71. The molecular weight excluding hydrogens is 190 g/mol. The van der Waals surface area contributed by atoms with E-state index in [1.165, 1.54) is 0 Å². The van der Waals surface area contributed by atoms with Gasteiger partial charge in [-0.2, -0.15) is 0 Å². The highest BCUT2D eigenvalue weighted by atomic mass is 16.5. The quantitative estimate of drug-likeness (QED) is 0.768. The zero-order chi connectivity index (χ0) is 11.1. The van der Waals surface area contributed by atoms with E-state index in [0.29, 0.717) is 12.8 Å². The SMILES string of the molecule is COc1ccc(C)cc1C1(O)CC(N)C1. The second kappa shape index (κ2) is 3.51. The van der Waals surface area contributed by atoms with Crippen molar-refractivity contribution in [2.24, 2.45) is 5.73 Å². The average molecular weight is 207 g/mol. The minimum absolute atomic E-state index is 0.111. The molecule has 0 saturated heterocycles. The van der Waals surface area contributed by atoms with E-state index in [-0.39, 0.29) is 6.04 Å². The number of hydrogen-bond donors (Lipinski definition) is 2. The summed E-state index contributed by atoms with van der Waals surface area (Å²) in [5, 5.41) is 10.3. The van der Waals surface area contributed by atoms with Crippen molar-refractivity contribution in [1.82, 2.24) is 0 Å². The van der Waals surface area contributed by atoms with E-state index in [1.807, 2.05) is 25.1 Å². The summed E-state index contributed by atoms with van der Waals surface area (Å²) in [7, 11) is 1.62. The predicted octanol–water partition coefficient (Wildman–Crippen LogP) is 1.31. The Bertz CT molecular complexity index is 370. The lowest BCUT2D eigenvalue weighted by Gasteiger charge is -2.42. The molecule has 2 rings (SSSR count). The van der Waals surface area contributed by atoms with Crippen LogP contribution in [0.25, 0.3) is 0 Å². The zero-order valence-electron chi connectivity index (χ0n) is 9.16. The summed E-state index contributed by atoms with van der Waals surface area (Å²) in [4.78, 5) is 0. The van der Waals surface area contributed by atoms with E-state index in [1.54, 1.807) is 7.11 Å². The van der Waals surface area contributed by atoms with E-state index in [9.17, 15) is 5.11 Å². The second-order valence-electron chi connectivity index (χ2n) is 4.40. The third kappa shape index (κ3) is 1.73. The van der Waals surface area contributed by atoms with Crippen LogP contribution in [0.15, 0.2) is 18.2 Å². The first-order valence-corrected chi connectivity index (χ1v) is 5.18. The Hall–Kier alpha value is -1.06. The van der Waals surface area contributed by atoms with Crippen molar-refractivity contribution in [2.45, 2.75) is 31.4 Å². The van der Waals surface area contributed by atoms with Crippen molar-refractivity contribution in [3.63, 3.8) is 0 Å². The smallest absolute Gasteiger partial charge is 0.124 e. The summed E-state index contributed by atoms with van der Waals surface area (Å²) >= 11 is 0. The number of rotatable bonds is 2. The van der Waals surface area contributed by atoms with Gasteiger partial charge < -0.3 is 15.6 Å². The normalized spacial score (nSPS) is 29.7. The van der Waals surface area contributed by atoms with Crippen LogP contribution in [0.2, 0.25) is 0 Å². The van der Waals surface area contributed by atoms with Crippen LogP contribution < -0.4 is 10.5 Å². The molecule has 15 heavy (non-hydrogen) atoms. The second-order valence-corrected chi connectivity index (χ2v) is 4.40. The molecule has 1 aromatic rings. The van der Waals surface area contributed by atoms with Crippen LogP contribution in [0, 0.1) is 6.92 Å². The van der Waals surface area contributed by atoms with Gasteiger partial charge in [0.05, 0.1) is 12.7 Å². The van der Waals surface area contributed by atoms with E-state index in [4.69, 9.17) is 10.5 Å². The molecule has 0 bridgehead atoms. The first-order chi connectivity index (χ1) is 7.05. The molecule has 1 aliphatic rings. The molecule has 3 nitrogen and oxygen atoms in total. The summed E-state index contributed by atoms with van der Waals surface area (Å²) in [6.45, 7) is 2.00. The Balaban J connectivity index is 2.38. The van der Waals surface area contributed by atoms with Crippen LogP contribution in [0.5, 0.6) is 5.75 Å². The fraction of sp³-hybridized carbons (Fsp3) is 0.500. The maximum Gasteiger partial charge on any atom is 0.124 e. The topological polar surface area (TPSA) is 55.5 Å². The summed E-state index contributed by atoms with van der Waals surface area (Å²) in [6.07, 6.45) is 1.24. The highest BCUT2D eigenvalue weighted by Gasteiger charge is 2.43. The predicted molar refractivity (Wildman–Crippen MR) is 58.8 cm³/mol. The minimum atomic E-state index is -0.781. The van der Waals surface area contributed by atoms with Crippen molar-refractivity contribution >= 4 is 0 Å². The van der Waals surface area contributed by atoms with Gasteiger partial charge in [-0.25, -0.2) is 0 Å². The molecule has 0 radical (unpaired) electrons. The van der Waals surface area contributed by atoms with Gasteiger partial charge >= 0.3 is 0 Å². The first kappa shape index (κ1) is 10.5. The molecule has 1 saturated carbocycles. The third-order valence-electron chi connectivity index (χ3n) is 3.06. The third-order valence-corrected chi connectivity index (χ3v) is 3.06. The number of aliphatic hydroxyl groups is 1. The van der Waals surface area contributed by atoms with Crippen molar-refractivity contribution in [3.8, 4) is 5.75 Å².